The summed E-state index contributed by atoms with van der Waals surface area (Å²) in [4.78, 5) is 60.5. The highest BCUT2D eigenvalue weighted by Crippen LogP contribution is 2.42. The summed E-state index contributed by atoms with van der Waals surface area (Å²) < 4.78 is 96.0. The molecule has 4 aliphatic heterocycles. The van der Waals surface area contributed by atoms with Gasteiger partial charge in [0.1, 0.15) is 40.7 Å². The SMILES string of the molecule is COc1ccc(-c2cc(Nc3nc(N)nc(N4CCCC4c4ccc(F)cc4)n3)n[nH]2)cc1.COc1ccc(-c2cc(Nc3nc(N)nc(N4CCCC4c4ccc(F)cc4)n3)n[nH]2)cc1OC.Nc1nc(Nc2cc(-c3ccc(F)cc3)[nH]n2)nc(N2CCCC2c2ccc(F)cc2)n1.Nc1nc(Nc2cc(-c3cccc(F)c3)[nH]n2)nc(N2CCCC2c2ccc(F)cc2)n1. The molecule has 4 aliphatic rings. The Morgan fingerprint density at radius 1 is 0.288 bits per heavy atom. The van der Waals surface area contributed by atoms with Crippen LogP contribution in [0.1, 0.15) is 97.8 Å². The lowest BCUT2D eigenvalue weighted by molar-refractivity contribution is 0.355. The molecule has 16 aromatic rings. The van der Waals surface area contributed by atoms with Crippen molar-refractivity contribution in [3.8, 4) is 62.3 Å². The molecule has 0 saturated carbocycles. The molecule has 132 heavy (non-hydrogen) atoms. The summed E-state index contributed by atoms with van der Waals surface area (Å²) in [6.07, 6.45) is 7.48. The lowest BCUT2D eigenvalue weighted by atomic mass is 10.0. The molecule has 20 rings (SSSR count). The van der Waals surface area contributed by atoms with Crippen molar-refractivity contribution in [2.45, 2.75) is 75.5 Å². The van der Waals surface area contributed by atoms with Crippen molar-refractivity contribution < 1.29 is 40.6 Å². The van der Waals surface area contributed by atoms with Crippen molar-refractivity contribution in [2.75, 3.05) is 111 Å². The van der Waals surface area contributed by atoms with Gasteiger partial charge in [0.05, 0.1) is 68.3 Å². The van der Waals surface area contributed by atoms with Gasteiger partial charge in [-0.3, -0.25) is 20.4 Å². The molecule has 35 nitrogen and oxygen atoms in total. The third kappa shape index (κ3) is 21.1. The van der Waals surface area contributed by atoms with Crippen molar-refractivity contribution >= 4 is 94.7 Å². The van der Waals surface area contributed by atoms with Crippen LogP contribution in [0.25, 0.3) is 45.0 Å². The molecule has 12 heterocycles. The van der Waals surface area contributed by atoms with Crippen LogP contribution < -0.4 is 78.0 Å². The fourth-order valence-electron chi connectivity index (χ4n) is 16.1. The number of halogens is 6. The summed E-state index contributed by atoms with van der Waals surface area (Å²) >= 11 is 0. The van der Waals surface area contributed by atoms with E-state index in [0.29, 0.717) is 81.5 Å². The average Bonchev–Trinajstić information content (AvgIpc) is 1.67. The average molecular weight is 1790 g/mol. The molecule has 4 saturated heterocycles. The number of nitrogen functional groups attached to an aromatic ring is 4. The zero-order chi connectivity index (χ0) is 91.3. The maximum absolute atomic E-state index is 13.5. The number of nitrogens with one attached hydrogen (secondary N) is 8. The fourth-order valence-corrected chi connectivity index (χ4v) is 16.1. The van der Waals surface area contributed by atoms with Gasteiger partial charge in [0.25, 0.3) is 0 Å². The van der Waals surface area contributed by atoms with Crippen LogP contribution >= 0.6 is 0 Å². The lowest BCUT2D eigenvalue weighted by Gasteiger charge is -2.25. The Balaban J connectivity index is 0.000000123. The lowest BCUT2D eigenvalue weighted by Crippen LogP contribution is -2.25. The van der Waals surface area contributed by atoms with E-state index in [1.807, 2.05) is 64.4 Å². The molecular weight excluding hydrogens is 1700 g/mol. The molecule has 0 spiro atoms. The Morgan fingerprint density at radius 2 is 0.568 bits per heavy atom. The maximum atomic E-state index is 13.5. The van der Waals surface area contributed by atoms with Crippen LogP contribution in [-0.4, -0.2) is 148 Å². The van der Waals surface area contributed by atoms with E-state index in [0.717, 1.165) is 134 Å². The Bertz CT molecular complexity index is 6620. The van der Waals surface area contributed by atoms with E-state index in [4.69, 9.17) is 37.1 Å². The summed E-state index contributed by atoms with van der Waals surface area (Å²) in [6, 6.07) is 58.9. The first-order valence-corrected chi connectivity index (χ1v) is 42.1. The number of ether oxygens (including phenoxy) is 3. The van der Waals surface area contributed by atoms with Gasteiger partial charge < -0.3 is 78.0 Å². The number of benzene rings is 8. The van der Waals surface area contributed by atoms with Gasteiger partial charge in [-0.25, -0.2) is 26.3 Å². The maximum Gasteiger partial charge on any atom is 0.235 e. The van der Waals surface area contributed by atoms with Crippen molar-refractivity contribution in [2.24, 2.45) is 0 Å². The Labute approximate surface area is 750 Å². The zero-order valence-corrected chi connectivity index (χ0v) is 71.2. The van der Waals surface area contributed by atoms with Crippen molar-refractivity contribution in [1.82, 2.24) is 101 Å². The second-order valence-corrected chi connectivity index (χ2v) is 30.9. The zero-order valence-electron chi connectivity index (χ0n) is 71.2. The molecule has 41 heteroatoms. The van der Waals surface area contributed by atoms with E-state index in [1.54, 1.807) is 106 Å². The van der Waals surface area contributed by atoms with Crippen LogP contribution in [0, 0.1) is 34.9 Å². The van der Waals surface area contributed by atoms with Crippen LogP contribution in [0.15, 0.2) is 212 Å². The Morgan fingerprint density at radius 3 is 0.864 bits per heavy atom. The Kier molecular flexibility index (Phi) is 26.2. The molecule has 4 atom stereocenters. The Hall–Kier alpha value is -16.8. The predicted octanol–water partition coefficient (Wildman–Crippen LogP) is 16.6. The van der Waals surface area contributed by atoms with Crippen LogP contribution in [0.2, 0.25) is 0 Å². The minimum Gasteiger partial charge on any atom is -0.497 e. The van der Waals surface area contributed by atoms with Crippen LogP contribution in [0.5, 0.6) is 17.2 Å². The number of nitrogens with two attached hydrogens (primary N) is 4. The van der Waals surface area contributed by atoms with Crippen molar-refractivity contribution in [1.29, 1.82) is 0 Å². The second-order valence-electron chi connectivity index (χ2n) is 30.9. The molecule has 0 bridgehead atoms. The summed E-state index contributed by atoms with van der Waals surface area (Å²) in [5.74, 6) is 5.61. The number of anilines is 16. The highest BCUT2D eigenvalue weighted by molar-refractivity contribution is 5.71. The van der Waals surface area contributed by atoms with Crippen LogP contribution in [0.3, 0.4) is 0 Å². The van der Waals surface area contributed by atoms with Crippen LogP contribution in [-0.2, 0) is 0 Å². The predicted molar refractivity (Wildman–Crippen MR) is 489 cm³/mol. The van der Waals surface area contributed by atoms with E-state index in [9.17, 15) is 26.3 Å². The molecule has 672 valence electrons. The number of nitrogens with zero attached hydrogens (tertiary/aromatic N) is 20. The normalized spacial score (nSPS) is 15.6. The van der Waals surface area contributed by atoms with Gasteiger partial charge in [-0.05, 0) is 212 Å². The van der Waals surface area contributed by atoms with E-state index >= 15 is 0 Å². The van der Waals surface area contributed by atoms with Gasteiger partial charge in [-0.15, -0.1) is 0 Å². The van der Waals surface area contributed by atoms with Crippen molar-refractivity contribution in [3.05, 3.63) is 269 Å². The van der Waals surface area contributed by atoms with E-state index in [1.165, 1.54) is 72.8 Å². The fraction of sp³-hybridized carbons (Fsp3) is 0.209. The molecule has 0 radical (unpaired) electrons. The second kappa shape index (κ2) is 39.6. The summed E-state index contributed by atoms with van der Waals surface area (Å²) in [7, 11) is 4.81. The number of aromatic nitrogens is 20. The molecule has 8 aromatic carbocycles. The van der Waals surface area contributed by atoms with Gasteiger partial charge in [-0.1, -0.05) is 60.7 Å². The summed E-state index contributed by atoms with van der Waals surface area (Å²) in [5.41, 5.74) is 34.2. The first kappa shape index (κ1) is 87.3. The van der Waals surface area contributed by atoms with Gasteiger partial charge in [-0.2, -0.15) is 80.2 Å². The third-order valence-electron chi connectivity index (χ3n) is 22.3. The quantitative estimate of drug-likeness (QED) is 0.0265. The topological polar surface area (TPSA) is 462 Å². The standard InChI is InChI=1S/C24H25FN8O2.C23H23FN8O.2C22H20F2N8/c1-34-19-10-7-15(12-20(19)35-2)17-13-21(32-31-17)27-23-28-22(26)29-24(30-23)33-11-3-4-18(33)14-5-8-16(25)9-6-14;1-33-17-10-6-14(7-11-17)18-13-20(31-30-18)26-22-27-21(25)28-23(29-22)32-12-2-3-19(32)15-4-8-16(24)9-5-15;23-15-8-6-13(7-9-15)18-5-2-10-32(18)22-28-20(25)27-21(29-22)26-19-12-17(30-31-19)14-3-1-4-16(24)11-14;23-15-7-3-13(4-8-15)17-12-19(31-30-17)26-21-27-20(25)28-22(29-21)32-11-1-2-18(32)14-5-9-16(24)10-6-14/h5-10,12-13,18H,3-4,11H2,1-2H3,(H4,26,27,28,29,30,31,32);4-11,13,19H,2-3,12H2,1H3,(H4,25,26,27,28,29,30,31);1,3-4,6-9,11-12,18H,2,5,10H2,(H4,25,26,27,28,29,30,31);3-10,12,18H,1-2,11H2,(H4,25,26,27,28,29,30,31). The van der Waals surface area contributed by atoms with E-state index in [2.05, 4.69) is 132 Å². The number of hydrogen-bond acceptors (Lipinski definition) is 31. The van der Waals surface area contributed by atoms with E-state index < -0.39 is 0 Å². The first-order chi connectivity index (χ1) is 64.2. The van der Waals surface area contributed by atoms with Gasteiger partial charge in [0.15, 0.2) is 34.8 Å². The minimum atomic E-state index is -0.331. The van der Waals surface area contributed by atoms with E-state index in [-0.39, 0.29) is 101 Å². The minimum absolute atomic E-state index is 0.0233. The number of aromatic amines is 4. The highest BCUT2D eigenvalue weighted by Gasteiger charge is 2.34. The molecule has 8 aromatic heterocycles. The summed E-state index contributed by atoms with van der Waals surface area (Å²) in [6.45, 7) is 3.03. The number of rotatable bonds is 23. The molecule has 4 unspecified atom stereocenters. The van der Waals surface area contributed by atoms with Gasteiger partial charge >= 0.3 is 0 Å². The molecule has 0 amide bonds. The highest BCUT2D eigenvalue weighted by atomic mass is 19.1. The number of methoxy groups -OCH3 is 3. The van der Waals surface area contributed by atoms with Gasteiger partial charge in [0, 0.05) is 61.6 Å². The summed E-state index contributed by atoms with van der Waals surface area (Å²) in [5, 5.41) is 41.0. The number of H-pyrrole nitrogens is 4. The largest absolute Gasteiger partial charge is 0.497 e. The molecule has 0 aliphatic carbocycles. The number of hydrogen-bond donors (Lipinski definition) is 12. The van der Waals surface area contributed by atoms with Crippen molar-refractivity contribution in [3.63, 3.8) is 0 Å². The van der Waals surface area contributed by atoms with Gasteiger partial charge in [0.2, 0.25) is 71.4 Å². The van der Waals surface area contributed by atoms with Crippen LogP contribution in [0.4, 0.5) is 121 Å². The third-order valence-corrected chi connectivity index (χ3v) is 22.3. The molecule has 16 N–H and O–H groups in total. The first-order valence-electron chi connectivity index (χ1n) is 42.1. The molecule has 4 fully saturated rings. The smallest absolute Gasteiger partial charge is 0.235 e. The monoisotopic (exact) mass is 1790 g/mol. The molecular formula is C91H88F6N32O3.